The lowest BCUT2D eigenvalue weighted by molar-refractivity contribution is -0.141. The van der Waals surface area contributed by atoms with Crippen molar-refractivity contribution in [1.29, 1.82) is 0 Å². The molecule has 1 heterocycles. The average Bonchev–Trinajstić information content (AvgIpc) is 2.46. The number of carboxylic acids is 1. The summed E-state index contributed by atoms with van der Waals surface area (Å²) in [5.74, 6) is 2.41. The Kier molecular flexibility index (Phi) is 8.99. The van der Waals surface area contributed by atoms with Crippen LogP contribution in [-0.4, -0.2) is 52.2 Å². The minimum atomic E-state index is -0.754. The van der Waals surface area contributed by atoms with Crippen LogP contribution in [0, 0.1) is 5.92 Å². The number of aliphatic carboxylic acids is 1. The van der Waals surface area contributed by atoms with E-state index < -0.39 is 5.97 Å². The van der Waals surface area contributed by atoms with E-state index >= 15 is 0 Å². The second-order valence-corrected chi connectivity index (χ2v) is 8.05. The summed E-state index contributed by atoms with van der Waals surface area (Å²) in [5.41, 5.74) is 0. The fourth-order valence-corrected chi connectivity index (χ4v) is 4.67. The monoisotopic (exact) mass is 334 g/mol. The van der Waals surface area contributed by atoms with Crippen LogP contribution in [0.5, 0.6) is 0 Å². The molecule has 21 heavy (non-hydrogen) atoms. The molecule has 122 valence electrons. The zero-order chi connectivity index (χ0) is 15.7. The first kappa shape index (κ1) is 18.5. The minimum absolute atomic E-state index is 0.0689. The largest absolute Gasteiger partial charge is 0.481 e. The number of amides is 2. The van der Waals surface area contributed by atoms with Crippen LogP contribution < -0.4 is 10.6 Å². The quantitative estimate of drug-likeness (QED) is 0.635. The van der Waals surface area contributed by atoms with Gasteiger partial charge in [0.1, 0.15) is 0 Å². The van der Waals surface area contributed by atoms with Gasteiger partial charge in [0.15, 0.2) is 0 Å². The summed E-state index contributed by atoms with van der Waals surface area (Å²) in [6.07, 6.45) is 2.27. The predicted molar refractivity (Wildman–Crippen MR) is 90.2 cm³/mol. The average molecular weight is 335 g/mol. The molecule has 0 aliphatic carbocycles. The van der Waals surface area contributed by atoms with E-state index in [2.05, 4.69) is 10.6 Å². The molecule has 0 aromatic carbocycles. The zero-order valence-electron chi connectivity index (χ0n) is 12.8. The Morgan fingerprint density at radius 2 is 2.05 bits per heavy atom. The Morgan fingerprint density at radius 1 is 1.29 bits per heavy atom. The number of urea groups is 1. The lowest BCUT2D eigenvalue weighted by atomic mass is 10.0. The third-order valence-corrected chi connectivity index (χ3v) is 6.29. The summed E-state index contributed by atoms with van der Waals surface area (Å²) in [6, 6.07) is -0.0515. The Morgan fingerprint density at radius 3 is 2.67 bits per heavy atom. The summed E-state index contributed by atoms with van der Waals surface area (Å²) >= 11 is 3.87. The number of thioether (sulfide) groups is 2. The van der Waals surface area contributed by atoms with Crippen molar-refractivity contribution in [3.05, 3.63) is 0 Å². The molecule has 0 bridgehead atoms. The summed E-state index contributed by atoms with van der Waals surface area (Å²) in [7, 11) is 0. The molecular weight excluding hydrogens is 308 g/mol. The van der Waals surface area contributed by atoms with Gasteiger partial charge in [-0.1, -0.05) is 13.3 Å². The molecule has 0 aromatic heterocycles. The maximum absolute atomic E-state index is 11.8. The first-order valence-corrected chi connectivity index (χ1v) is 9.66. The van der Waals surface area contributed by atoms with Crippen molar-refractivity contribution in [2.24, 2.45) is 5.92 Å². The van der Waals surface area contributed by atoms with Crippen LogP contribution >= 0.6 is 23.5 Å². The van der Waals surface area contributed by atoms with E-state index in [1.54, 1.807) is 6.92 Å². The number of hydrogen-bond donors (Lipinski definition) is 3. The van der Waals surface area contributed by atoms with Crippen molar-refractivity contribution < 1.29 is 14.7 Å². The van der Waals surface area contributed by atoms with Crippen molar-refractivity contribution in [3.8, 4) is 0 Å². The summed E-state index contributed by atoms with van der Waals surface area (Å²) in [6.45, 7) is 4.38. The molecule has 3 unspecified atom stereocenters. The molecule has 0 aromatic rings. The van der Waals surface area contributed by atoms with E-state index in [9.17, 15) is 9.59 Å². The van der Waals surface area contributed by atoms with E-state index in [1.807, 2.05) is 30.4 Å². The Bertz CT molecular complexity index is 336. The molecule has 7 heteroatoms. The molecule has 1 aliphatic rings. The van der Waals surface area contributed by atoms with Gasteiger partial charge in [0.2, 0.25) is 0 Å². The lowest BCUT2D eigenvalue weighted by Crippen LogP contribution is -2.43. The molecule has 2 amide bonds. The van der Waals surface area contributed by atoms with Gasteiger partial charge in [-0.05, 0) is 19.8 Å². The van der Waals surface area contributed by atoms with Gasteiger partial charge in [0, 0.05) is 35.1 Å². The SMILES string of the molecule is CC(CCCC(C)C(=O)O)NC(=O)NCC1CSCCS1. The highest BCUT2D eigenvalue weighted by atomic mass is 32.2. The van der Waals surface area contributed by atoms with E-state index in [0.717, 1.165) is 24.3 Å². The summed E-state index contributed by atoms with van der Waals surface area (Å²) in [4.78, 5) is 22.5. The van der Waals surface area contributed by atoms with Crippen molar-refractivity contribution in [1.82, 2.24) is 10.6 Å². The van der Waals surface area contributed by atoms with Crippen molar-refractivity contribution in [2.45, 2.75) is 44.4 Å². The highest BCUT2D eigenvalue weighted by molar-refractivity contribution is 8.06. The third kappa shape index (κ3) is 8.46. The van der Waals surface area contributed by atoms with Crippen molar-refractivity contribution in [2.75, 3.05) is 23.8 Å². The number of carboxylic acid groups (broad SMARTS) is 1. The van der Waals surface area contributed by atoms with Gasteiger partial charge < -0.3 is 15.7 Å². The zero-order valence-corrected chi connectivity index (χ0v) is 14.4. The van der Waals surface area contributed by atoms with Crippen LogP contribution in [0.4, 0.5) is 4.79 Å². The molecule has 0 radical (unpaired) electrons. The minimum Gasteiger partial charge on any atom is -0.481 e. The maximum Gasteiger partial charge on any atom is 0.315 e. The Hall–Kier alpha value is -0.560. The summed E-state index contributed by atoms with van der Waals surface area (Å²) in [5, 5.41) is 15.1. The third-order valence-electron chi connectivity index (χ3n) is 3.45. The van der Waals surface area contributed by atoms with Crippen molar-refractivity contribution in [3.63, 3.8) is 0 Å². The van der Waals surface area contributed by atoms with E-state index in [4.69, 9.17) is 5.11 Å². The van der Waals surface area contributed by atoms with Gasteiger partial charge in [-0.2, -0.15) is 23.5 Å². The highest BCUT2D eigenvalue weighted by Crippen LogP contribution is 2.23. The van der Waals surface area contributed by atoms with E-state index in [1.165, 1.54) is 5.75 Å². The fourth-order valence-electron chi connectivity index (χ4n) is 2.06. The molecule has 1 rings (SSSR count). The molecule has 0 spiro atoms. The topological polar surface area (TPSA) is 78.4 Å². The van der Waals surface area contributed by atoms with E-state index in [-0.39, 0.29) is 18.0 Å². The number of hydrogen-bond acceptors (Lipinski definition) is 4. The maximum atomic E-state index is 11.8. The summed E-state index contributed by atoms with van der Waals surface area (Å²) < 4.78 is 0. The molecular formula is C14H26N2O3S2. The molecule has 1 aliphatic heterocycles. The van der Waals surface area contributed by atoms with Crippen molar-refractivity contribution >= 4 is 35.5 Å². The number of nitrogens with one attached hydrogen (secondary N) is 2. The second-order valence-electron chi connectivity index (χ2n) is 5.49. The van der Waals surface area contributed by atoms with E-state index in [0.29, 0.717) is 18.2 Å². The van der Waals surface area contributed by atoms with Crippen LogP contribution in [-0.2, 0) is 4.79 Å². The first-order valence-electron chi connectivity index (χ1n) is 7.45. The Balaban J connectivity index is 2.08. The Labute approximate surface area is 135 Å². The van der Waals surface area contributed by atoms with Crippen LogP contribution in [0.3, 0.4) is 0 Å². The predicted octanol–water partition coefficient (Wildman–Crippen LogP) is 2.41. The molecule has 3 N–H and O–H groups in total. The fraction of sp³-hybridized carbons (Fsp3) is 0.857. The standard InChI is InChI=1S/C14H26N2O3S2/c1-10(13(17)18)4-3-5-11(2)16-14(19)15-8-12-9-20-6-7-21-12/h10-12H,3-9H2,1-2H3,(H,17,18)(H2,15,16,19). The van der Waals surface area contributed by atoms with Gasteiger partial charge in [-0.15, -0.1) is 0 Å². The van der Waals surface area contributed by atoms with Gasteiger partial charge in [0.05, 0.1) is 5.92 Å². The smallest absolute Gasteiger partial charge is 0.315 e. The van der Waals surface area contributed by atoms with Crippen LogP contribution in [0.1, 0.15) is 33.1 Å². The van der Waals surface area contributed by atoms with Crippen LogP contribution in [0.25, 0.3) is 0 Å². The number of rotatable bonds is 8. The molecule has 1 fully saturated rings. The normalized spacial score (nSPS) is 21.3. The number of carbonyl (C=O) groups excluding carboxylic acids is 1. The highest BCUT2D eigenvalue weighted by Gasteiger charge is 2.16. The van der Waals surface area contributed by atoms with Crippen LogP contribution in [0.2, 0.25) is 0 Å². The van der Waals surface area contributed by atoms with Crippen LogP contribution in [0.15, 0.2) is 0 Å². The van der Waals surface area contributed by atoms with Gasteiger partial charge in [0.25, 0.3) is 0 Å². The molecule has 0 saturated carbocycles. The van der Waals surface area contributed by atoms with Gasteiger partial charge in [-0.25, -0.2) is 4.79 Å². The molecule has 3 atom stereocenters. The van der Waals surface area contributed by atoms with Gasteiger partial charge >= 0.3 is 12.0 Å². The second kappa shape index (κ2) is 10.2. The van der Waals surface area contributed by atoms with Gasteiger partial charge in [-0.3, -0.25) is 4.79 Å². The lowest BCUT2D eigenvalue weighted by Gasteiger charge is -2.22. The molecule has 1 saturated heterocycles. The molecule has 5 nitrogen and oxygen atoms in total. The number of carbonyl (C=O) groups is 2. The first-order chi connectivity index (χ1) is 9.99.